The summed E-state index contributed by atoms with van der Waals surface area (Å²) in [5.41, 5.74) is 0.992. The Morgan fingerprint density at radius 1 is 1.33 bits per heavy atom. The number of halogens is 2. The lowest BCUT2D eigenvalue weighted by Crippen LogP contribution is -2.19. The van der Waals surface area contributed by atoms with Gasteiger partial charge in [0.2, 0.25) is 0 Å². The molecule has 5 heteroatoms. The molecule has 0 saturated heterocycles. The van der Waals surface area contributed by atoms with Gasteiger partial charge in [0.15, 0.2) is 0 Å². The van der Waals surface area contributed by atoms with E-state index >= 15 is 0 Å². The van der Waals surface area contributed by atoms with Gasteiger partial charge in [-0.05, 0) is 30.7 Å². The summed E-state index contributed by atoms with van der Waals surface area (Å²) >= 11 is 3.25. The van der Waals surface area contributed by atoms with Crippen LogP contribution in [0.1, 0.15) is 19.4 Å². The van der Waals surface area contributed by atoms with Gasteiger partial charge in [0.1, 0.15) is 17.3 Å². The first kappa shape index (κ1) is 15.9. The van der Waals surface area contributed by atoms with Crippen molar-refractivity contribution in [2.45, 2.75) is 20.4 Å². The number of pyridine rings is 1. The summed E-state index contributed by atoms with van der Waals surface area (Å²) in [5, 5.41) is 3.36. The molecule has 1 N–H and O–H groups in total. The zero-order valence-electron chi connectivity index (χ0n) is 12.1. The predicted molar refractivity (Wildman–Crippen MR) is 85.0 cm³/mol. The molecule has 0 saturated carbocycles. The standard InChI is InChI=1S/C16H18BrFN2O/c1-11(2)8-20-9-12-3-4-19-10-16(12)21-15-6-13(17)5-14(18)7-15/h3-7,10-11,20H,8-9H2,1-2H3. The Bertz CT molecular complexity index is 584. The van der Waals surface area contributed by atoms with E-state index in [1.807, 2.05) is 6.07 Å². The fourth-order valence-electron chi connectivity index (χ4n) is 1.86. The summed E-state index contributed by atoms with van der Waals surface area (Å²) in [6.45, 7) is 5.92. The SMILES string of the molecule is CC(C)CNCc1ccncc1Oc1cc(F)cc(Br)c1. The fraction of sp³-hybridized carbons (Fsp3) is 0.312. The second kappa shape index (κ2) is 7.52. The Labute approximate surface area is 132 Å². The van der Waals surface area contributed by atoms with E-state index in [9.17, 15) is 4.39 Å². The number of aromatic nitrogens is 1. The third kappa shape index (κ3) is 5.10. The molecule has 1 heterocycles. The minimum Gasteiger partial charge on any atom is -0.455 e. The topological polar surface area (TPSA) is 34.2 Å². The maximum Gasteiger partial charge on any atom is 0.150 e. The summed E-state index contributed by atoms with van der Waals surface area (Å²) in [7, 11) is 0. The van der Waals surface area contributed by atoms with E-state index < -0.39 is 0 Å². The van der Waals surface area contributed by atoms with Crippen molar-refractivity contribution < 1.29 is 9.13 Å². The highest BCUT2D eigenvalue weighted by Gasteiger charge is 2.07. The monoisotopic (exact) mass is 352 g/mol. The average molecular weight is 353 g/mol. The van der Waals surface area contributed by atoms with Crippen LogP contribution in [0.2, 0.25) is 0 Å². The number of benzene rings is 1. The van der Waals surface area contributed by atoms with Crippen LogP contribution < -0.4 is 10.1 Å². The Balaban J connectivity index is 2.12. The molecule has 2 aromatic rings. The smallest absolute Gasteiger partial charge is 0.150 e. The molecule has 112 valence electrons. The molecule has 1 aromatic heterocycles. The van der Waals surface area contributed by atoms with E-state index in [1.54, 1.807) is 18.5 Å². The van der Waals surface area contributed by atoms with Crippen LogP contribution in [0, 0.1) is 11.7 Å². The van der Waals surface area contributed by atoms with Crippen LogP contribution >= 0.6 is 15.9 Å². The molecule has 0 spiro atoms. The van der Waals surface area contributed by atoms with Gasteiger partial charge in [0, 0.05) is 28.8 Å². The van der Waals surface area contributed by atoms with Crippen molar-refractivity contribution in [3.63, 3.8) is 0 Å². The van der Waals surface area contributed by atoms with Gasteiger partial charge in [-0.2, -0.15) is 0 Å². The van der Waals surface area contributed by atoms with Gasteiger partial charge in [0.05, 0.1) is 6.20 Å². The molecule has 0 bridgehead atoms. The van der Waals surface area contributed by atoms with Crippen LogP contribution in [0.5, 0.6) is 11.5 Å². The lowest BCUT2D eigenvalue weighted by molar-refractivity contribution is 0.461. The van der Waals surface area contributed by atoms with Gasteiger partial charge in [-0.15, -0.1) is 0 Å². The van der Waals surface area contributed by atoms with Gasteiger partial charge in [0.25, 0.3) is 0 Å². The molecular formula is C16H18BrFN2O. The van der Waals surface area contributed by atoms with Crippen LogP contribution in [0.25, 0.3) is 0 Å². The number of hydrogen-bond donors (Lipinski definition) is 1. The van der Waals surface area contributed by atoms with E-state index in [-0.39, 0.29) is 5.82 Å². The van der Waals surface area contributed by atoms with Crippen molar-refractivity contribution in [1.82, 2.24) is 10.3 Å². The van der Waals surface area contributed by atoms with Crippen LogP contribution in [-0.2, 0) is 6.54 Å². The lowest BCUT2D eigenvalue weighted by atomic mass is 10.2. The number of rotatable bonds is 6. The van der Waals surface area contributed by atoms with E-state index in [2.05, 4.69) is 40.1 Å². The maximum absolute atomic E-state index is 13.4. The highest BCUT2D eigenvalue weighted by molar-refractivity contribution is 9.10. The second-order valence-electron chi connectivity index (χ2n) is 5.22. The van der Waals surface area contributed by atoms with Crippen molar-refractivity contribution in [3.05, 3.63) is 52.5 Å². The summed E-state index contributed by atoms with van der Waals surface area (Å²) < 4.78 is 19.8. The largest absolute Gasteiger partial charge is 0.455 e. The summed E-state index contributed by atoms with van der Waals surface area (Å²) in [4.78, 5) is 4.07. The van der Waals surface area contributed by atoms with Gasteiger partial charge < -0.3 is 10.1 Å². The third-order valence-corrected chi connectivity index (χ3v) is 3.26. The van der Waals surface area contributed by atoms with Crippen molar-refractivity contribution >= 4 is 15.9 Å². The van der Waals surface area contributed by atoms with Crippen molar-refractivity contribution in [1.29, 1.82) is 0 Å². The molecule has 3 nitrogen and oxygen atoms in total. The van der Waals surface area contributed by atoms with Crippen molar-refractivity contribution in [2.75, 3.05) is 6.54 Å². The van der Waals surface area contributed by atoms with Crippen molar-refractivity contribution in [3.8, 4) is 11.5 Å². The molecule has 2 rings (SSSR count). The van der Waals surface area contributed by atoms with Crippen LogP contribution in [-0.4, -0.2) is 11.5 Å². The van der Waals surface area contributed by atoms with Crippen molar-refractivity contribution in [2.24, 2.45) is 5.92 Å². The molecule has 0 aliphatic carbocycles. The Hall–Kier alpha value is -1.46. The molecule has 0 aliphatic heterocycles. The van der Waals surface area contributed by atoms with E-state index in [4.69, 9.17) is 4.74 Å². The van der Waals surface area contributed by atoms with Gasteiger partial charge in [-0.1, -0.05) is 29.8 Å². The molecule has 0 fully saturated rings. The first-order chi connectivity index (χ1) is 10.0. The minimum atomic E-state index is -0.345. The minimum absolute atomic E-state index is 0.345. The molecule has 0 radical (unpaired) electrons. The molecule has 1 aromatic carbocycles. The molecule has 0 amide bonds. The van der Waals surface area contributed by atoms with Crippen LogP contribution in [0.3, 0.4) is 0 Å². The number of hydrogen-bond acceptors (Lipinski definition) is 3. The molecule has 0 unspecified atom stereocenters. The zero-order chi connectivity index (χ0) is 15.2. The van der Waals surface area contributed by atoms with Gasteiger partial charge >= 0.3 is 0 Å². The van der Waals surface area contributed by atoms with Crippen LogP contribution in [0.15, 0.2) is 41.1 Å². The Morgan fingerprint density at radius 2 is 2.14 bits per heavy atom. The number of nitrogens with one attached hydrogen (secondary N) is 1. The zero-order valence-corrected chi connectivity index (χ0v) is 13.7. The molecule has 0 atom stereocenters. The van der Waals surface area contributed by atoms with Gasteiger partial charge in [-0.25, -0.2) is 4.39 Å². The highest BCUT2D eigenvalue weighted by Crippen LogP contribution is 2.27. The van der Waals surface area contributed by atoms with E-state index in [0.29, 0.717) is 28.4 Å². The molecule has 0 aliphatic rings. The second-order valence-corrected chi connectivity index (χ2v) is 6.13. The number of ether oxygens (including phenoxy) is 1. The normalized spacial score (nSPS) is 10.9. The van der Waals surface area contributed by atoms with E-state index in [0.717, 1.165) is 12.1 Å². The fourth-order valence-corrected chi connectivity index (χ4v) is 2.30. The highest BCUT2D eigenvalue weighted by atomic mass is 79.9. The van der Waals surface area contributed by atoms with E-state index in [1.165, 1.54) is 12.1 Å². The summed E-state index contributed by atoms with van der Waals surface area (Å²) in [6.07, 6.45) is 3.37. The predicted octanol–water partition coefficient (Wildman–Crippen LogP) is 4.52. The summed E-state index contributed by atoms with van der Waals surface area (Å²) in [5.74, 6) is 1.31. The Kier molecular flexibility index (Phi) is 5.70. The number of nitrogens with zero attached hydrogens (tertiary/aromatic N) is 1. The Morgan fingerprint density at radius 3 is 2.86 bits per heavy atom. The average Bonchev–Trinajstić information content (AvgIpc) is 2.39. The third-order valence-electron chi connectivity index (χ3n) is 2.80. The lowest BCUT2D eigenvalue weighted by Gasteiger charge is -2.12. The maximum atomic E-state index is 13.4. The first-order valence-electron chi connectivity index (χ1n) is 6.82. The van der Waals surface area contributed by atoms with Gasteiger partial charge in [-0.3, -0.25) is 4.98 Å². The molecular weight excluding hydrogens is 335 g/mol. The molecule has 21 heavy (non-hydrogen) atoms. The van der Waals surface area contributed by atoms with Crippen LogP contribution in [0.4, 0.5) is 4.39 Å². The first-order valence-corrected chi connectivity index (χ1v) is 7.61. The summed E-state index contributed by atoms with van der Waals surface area (Å²) in [6, 6.07) is 6.36. The quantitative estimate of drug-likeness (QED) is 0.829.